The van der Waals surface area contributed by atoms with E-state index in [1.807, 2.05) is 25.1 Å². The molecule has 3 fully saturated rings. The van der Waals surface area contributed by atoms with Crippen molar-refractivity contribution < 1.29 is 19.1 Å². The first-order valence-electron chi connectivity index (χ1n) is 11.1. The van der Waals surface area contributed by atoms with Gasteiger partial charge in [0.15, 0.2) is 16.7 Å². The van der Waals surface area contributed by atoms with E-state index in [9.17, 15) is 14.7 Å². The number of rotatable bonds is 4. The molecule has 3 aliphatic rings. The Labute approximate surface area is 195 Å². The van der Waals surface area contributed by atoms with Crippen LogP contribution in [0.1, 0.15) is 31.2 Å². The number of aliphatic carboxylic acids is 1. The lowest BCUT2D eigenvalue weighted by Gasteiger charge is -2.53. The lowest BCUT2D eigenvalue weighted by Crippen LogP contribution is -2.74. The van der Waals surface area contributed by atoms with Crippen LogP contribution < -0.4 is 20.8 Å². The molecule has 1 saturated carbocycles. The topological polar surface area (TPSA) is 101 Å². The molecule has 3 aromatic rings. The van der Waals surface area contributed by atoms with Crippen LogP contribution in [0.5, 0.6) is 5.75 Å². The van der Waals surface area contributed by atoms with Gasteiger partial charge in [0, 0.05) is 24.5 Å². The van der Waals surface area contributed by atoms with Crippen LogP contribution >= 0.6 is 11.6 Å². The number of hydrogen-bond acceptors (Lipinski definition) is 6. The van der Waals surface area contributed by atoms with Crippen molar-refractivity contribution in [3.63, 3.8) is 0 Å². The fourth-order valence-corrected chi connectivity index (χ4v) is 4.97. The fourth-order valence-electron chi connectivity index (χ4n) is 4.76. The Bertz CT molecular complexity index is 1300. The minimum atomic E-state index is -0.981. The molecule has 7 nitrogen and oxygen atoms in total. The normalized spacial score (nSPS) is 24.9. The number of ether oxygens (including phenoxy) is 1. The van der Waals surface area contributed by atoms with E-state index in [0.29, 0.717) is 52.5 Å². The van der Waals surface area contributed by atoms with Gasteiger partial charge in [0.2, 0.25) is 0 Å². The van der Waals surface area contributed by atoms with Gasteiger partial charge in [-0.25, -0.2) is 0 Å². The highest BCUT2D eigenvalue weighted by Crippen LogP contribution is 2.44. The predicted octanol–water partition coefficient (Wildman–Crippen LogP) is 4.09. The molecule has 8 heteroatoms. The van der Waals surface area contributed by atoms with E-state index < -0.39 is 17.2 Å². The van der Waals surface area contributed by atoms with Crippen LogP contribution in [0.25, 0.3) is 22.3 Å². The summed E-state index contributed by atoms with van der Waals surface area (Å²) in [5.74, 6) is 0.145. The van der Waals surface area contributed by atoms with Gasteiger partial charge >= 0.3 is 5.97 Å². The first-order chi connectivity index (χ1) is 15.8. The van der Waals surface area contributed by atoms with Gasteiger partial charge in [-0.05, 0) is 56.6 Å². The van der Waals surface area contributed by atoms with Gasteiger partial charge < -0.3 is 19.6 Å². The Morgan fingerprint density at radius 3 is 2.64 bits per heavy atom. The molecule has 3 heterocycles. The van der Waals surface area contributed by atoms with Crippen LogP contribution in [0.4, 0.5) is 0 Å². The molecule has 6 rings (SSSR count). The minimum absolute atomic E-state index is 0.176. The lowest BCUT2D eigenvalue weighted by molar-refractivity contribution is -0.167. The SMILES string of the molecule is Cc1ccc(-c2cc(=O)c3cccc(Cl)c3o2)cc1O[C@]12C[C@](C(=O)O)(C1)NCCCCN2. The monoisotopic (exact) mass is 468 g/mol. The van der Waals surface area contributed by atoms with Gasteiger partial charge in [0.1, 0.15) is 17.0 Å². The molecule has 0 atom stereocenters. The molecular weight excluding hydrogens is 444 g/mol. The van der Waals surface area contributed by atoms with Crippen LogP contribution in [-0.2, 0) is 4.79 Å². The van der Waals surface area contributed by atoms with Crippen LogP contribution in [0.15, 0.2) is 51.7 Å². The van der Waals surface area contributed by atoms with E-state index in [1.165, 1.54) is 6.07 Å². The number of nitrogens with one attached hydrogen (secondary N) is 2. The second kappa shape index (κ2) is 8.17. The van der Waals surface area contributed by atoms with Crippen LogP contribution in [0.3, 0.4) is 0 Å². The summed E-state index contributed by atoms with van der Waals surface area (Å²) < 4.78 is 12.4. The number of carboxylic acids is 1. The van der Waals surface area contributed by atoms with E-state index in [4.69, 9.17) is 20.8 Å². The molecule has 2 aromatic carbocycles. The van der Waals surface area contributed by atoms with E-state index in [0.717, 1.165) is 24.9 Å². The van der Waals surface area contributed by atoms with Crippen molar-refractivity contribution in [2.24, 2.45) is 0 Å². The quantitative estimate of drug-likeness (QED) is 0.530. The van der Waals surface area contributed by atoms with Gasteiger partial charge in [-0.2, -0.15) is 0 Å². The average molecular weight is 469 g/mol. The summed E-state index contributed by atoms with van der Waals surface area (Å²) in [6.07, 6.45) is 2.46. The molecule has 3 N–H and O–H groups in total. The smallest absolute Gasteiger partial charge is 0.324 e. The van der Waals surface area contributed by atoms with Crippen molar-refractivity contribution in [3.8, 4) is 17.1 Å². The Morgan fingerprint density at radius 2 is 1.88 bits per heavy atom. The molecule has 2 aliphatic heterocycles. The number of fused-ring (bicyclic) bond motifs is 6. The van der Waals surface area contributed by atoms with Crippen molar-refractivity contribution in [1.29, 1.82) is 0 Å². The second-order valence-corrected chi connectivity index (χ2v) is 9.38. The van der Waals surface area contributed by atoms with Crippen LogP contribution in [0.2, 0.25) is 5.02 Å². The third-order valence-corrected chi connectivity index (χ3v) is 6.88. The van der Waals surface area contributed by atoms with Crippen LogP contribution in [0, 0.1) is 6.92 Å². The summed E-state index contributed by atoms with van der Waals surface area (Å²) in [5, 5.41) is 17.3. The fraction of sp³-hybridized carbons (Fsp3) is 0.360. The number of carboxylic acid groups (broad SMARTS) is 1. The highest BCUT2D eigenvalue weighted by Gasteiger charge is 2.61. The van der Waals surface area contributed by atoms with Gasteiger partial charge in [-0.15, -0.1) is 0 Å². The number of para-hydroxylation sites is 1. The zero-order valence-corrected chi connectivity index (χ0v) is 19.0. The zero-order valence-electron chi connectivity index (χ0n) is 18.2. The molecule has 0 unspecified atom stereocenters. The van der Waals surface area contributed by atoms with Gasteiger partial charge in [-0.1, -0.05) is 29.8 Å². The number of halogens is 1. The molecule has 0 radical (unpaired) electrons. The van der Waals surface area contributed by atoms with Gasteiger partial charge in [0.05, 0.1) is 10.4 Å². The molecular formula is C25H25ClN2O5. The summed E-state index contributed by atoms with van der Waals surface area (Å²) >= 11 is 6.26. The molecule has 2 bridgehead atoms. The molecule has 172 valence electrons. The van der Waals surface area contributed by atoms with E-state index >= 15 is 0 Å². The third kappa shape index (κ3) is 3.90. The van der Waals surface area contributed by atoms with Crippen molar-refractivity contribution in [3.05, 3.63) is 63.3 Å². The number of hydrogen-bond donors (Lipinski definition) is 3. The van der Waals surface area contributed by atoms with Crippen molar-refractivity contribution in [2.45, 2.75) is 43.9 Å². The summed E-state index contributed by atoms with van der Waals surface area (Å²) in [6.45, 7) is 3.34. The Kier molecular flexibility index (Phi) is 5.43. The number of carbonyl (C=O) groups is 1. The van der Waals surface area contributed by atoms with Crippen molar-refractivity contribution >= 4 is 28.5 Å². The maximum Gasteiger partial charge on any atom is 0.324 e. The standard InChI is InChI=1S/C25H25ClN2O5/c1-15-7-8-16(21-12-19(29)17-5-4-6-18(26)22(17)32-21)11-20(15)33-25-13-24(14-25,23(30)31)27-9-2-3-10-28-25/h4-8,11-12,27-28H,2-3,9-10,13-14H2,1H3,(H,30,31)/t24-,25-. The summed E-state index contributed by atoms with van der Waals surface area (Å²) in [4.78, 5) is 24.6. The van der Waals surface area contributed by atoms with E-state index in [-0.39, 0.29) is 5.43 Å². The van der Waals surface area contributed by atoms with Crippen molar-refractivity contribution in [2.75, 3.05) is 13.1 Å². The highest BCUT2D eigenvalue weighted by molar-refractivity contribution is 6.34. The molecule has 2 saturated heterocycles. The summed E-state index contributed by atoms with van der Waals surface area (Å²) in [7, 11) is 0. The third-order valence-electron chi connectivity index (χ3n) is 6.58. The Hall–Kier alpha value is -2.87. The second-order valence-electron chi connectivity index (χ2n) is 8.97. The first kappa shape index (κ1) is 21.9. The molecule has 0 amide bonds. The average Bonchev–Trinajstić information content (AvgIpc) is 2.91. The zero-order chi connectivity index (χ0) is 23.2. The lowest BCUT2D eigenvalue weighted by atomic mass is 9.69. The molecule has 1 aromatic heterocycles. The molecule has 0 spiro atoms. The van der Waals surface area contributed by atoms with E-state index in [1.54, 1.807) is 18.2 Å². The maximum atomic E-state index is 12.6. The predicted molar refractivity (Wildman–Crippen MR) is 126 cm³/mol. The minimum Gasteiger partial charge on any atom is -0.480 e. The van der Waals surface area contributed by atoms with Gasteiger partial charge in [0.25, 0.3) is 0 Å². The number of benzene rings is 2. The van der Waals surface area contributed by atoms with Crippen LogP contribution in [-0.4, -0.2) is 35.4 Å². The first-order valence-corrected chi connectivity index (χ1v) is 11.4. The summed E-state index contributed by atoms with van der Waals surface area (Å²) in [6, 6.07) is 12.1. The Morgan fingerprint density at radius 1 is 1.12 bits per heavy atom. The highest BCUT2D eigenvalue weighted by atomic mass is 35.5. The summed E-state index contributed by atoms with van der Waals surface area (Å²) in [5.41, 5.74) is -0.00735. The van der Waals surface area contributed by atoms with Crippen molar-refractivity contribution in [1.82, 2.24) is 10.6 Å². The van der Waals surface area contributed by atoms with E-state index in [2.05, 4.69) is 10.6 Å². The van der Waals surface area contributed by atoms with Gasteiger partial charge in [-0.3, -0.25) is 14.9 Å². The molecule has 1 aliphatic carbocycles. The number of aryl methyl sites for hydroxylation is 1. The Balaban J connectivity index is 1.50. The molecule has 33 heavy (non-hydrogen) atoms. The largest absolute Gasteiger partial charge is 0.480 e. The maximum absolute atomic E-state index is 12.6.